The molecule has 4 aromatic rings. The summed E-state index contributed by atoms with van der Waals surface area (Å²) in [7, 11) is 3.78. The summed E-state index contributed by atoms with van der Waals surface area (Å²) in [6.45, 7) is 7.30. The number of aliphatic hydroxyl groups excluding tert-OH is 1. The summed E-state index contributed by atoms with van der Waals surface area (Å²) in [5, 5.41) is 27.1. The van der Waals surface area contributed by atoms with Gasteiger partial charge in [0.05, 0.1) is 53.5 Å². The molecule has 0 spiro atoms. The van der Waals surface area contributed by atoms with E-state index in [9.17, 15) is 5.11 Å². The summed E-state index contributed by atoms with van der Waals surface area (Å²) in [6, 6.07) is 2.98. The van der Waals surface area contributed by atoms with Crippen LogP contribution in [0.5, 0.6) is 11.8 Å². The lowest BCUT2D eigenvalue weighted by Gasteiger charge is -2.24. The number of hydrogen-bond acceptors (Lipinski definition) is 7. The molecule has 196 valence electrons. The molecule has 37 heavy (non-hydrogen) atoms. The zero-order valence-electron chi connectivity index (χ0n) is 21.7. The molecule has 0 saturated heterocycles. The van der Waals surface area contributed by atoms with Crippen LogP contribution in [-0.2, 0) is 13.6 Å². The van der Waals surface area contributed by atoms with Crippen LogP contribution >= 0.6 is 0 Å². The Morgan fingerprint density at radius 1 is 1.27 bits per heavy atom. The second-order valence-corrected chi connectivity index (χ2v) is 9.51. The molecule has 0 unspecified atom stereocenters. The SMILES string of the molecule is CCOc1nn([C@@H](C)CO)c2c1/C=C/c1n[nH]c3cc(F)c(cc13)-c1cnn(C)c1O[C@@H](C)CN(C)C2. The highest BCUT2D eigenvalue weighted by Crippen LogP contribution is 2.36. The summed E-state index contributed by atoms with van der Waals surface area (Å²) >= 11 is 0. The molecule has 0 radical (unpaired) electrons. The van der Waals surface area contributed by atoms with Gasteiger partial charge in [-0.25, -0.2) is 9.07 Å². The summed E-state index contributed by atoms with van der Waals surface area (Å²) in [5.41, 5.74) is 3.91. The molecular formula is C26H32FN7O3. The van der Waals surface area contributed by atoms with Crippen molar-refractivity contribution in [3.63, 3.8) is 0 Å². The molecule has 1 aliphatic heterocycles. The van der Waals surface area contributed by atoms with Crippen molar-refractivity contribution < 1.29 is 19.0 Å². The van der Waals surface area contributed by atoms with Crippen molar-refractivity contribution in [2.75, 3.05) is 26.8 Å². The van der Waals surface area contributed by atoms with E-state index in [0.717, 1.165) is 16.6 Å². The minimum atomic E-state index is -0.390. The number of nitrogens with zero attached hydrogens (tertiary/aromatic N) is 6. The van der Waals surface area contributed by atoms with E-state index in [-0.39, 0.29) is 24.6 Å². The molecular weight excluding hydrogens is 477 g/mol. The van der Waals surface area contributed by atoms with Crippen molar-refractivity contribution in [2.45, 2.75) is 39.5 Å². The van der Waals surface area contributed by atoms with Crippen LogP contribution in [0.3, 0.4) is 0 Å². The first-order chi connectivity index (χ1) is 17.8. The van der Waals surface area contributed by atoms with E-state index in [1.807, 2.05) is 44.7 Å². The monoisotopic (exact) mass is 509 g/mol. The van der Waals surface area contributed by atoms with Gasteiger partial charge in [0, 0.05) is 37.2 Å². The van der Waals surface area contributed by atoms with Gasteiger partial charge in [0.25, 0.3) is 0 Å². The lowest BCUT2D eigenvalue weighted by atomic mass is 10.0. The van der Waals surface area contributed by atoms with E-state index < -0.39 is 0 Å². The van der Waals surface area contributed by atoms with Gasteiger partial charge < -0.3 is 14.6 Å². The average molecular weight is 510 g/mol. The van der Waals surface area contributed by atoms with Crippen LogP contribution in [-0.4, -0.2) is 72.7 Å². The number of halogens is 1. The molecule has 0 saturated carbocycles. The zero-order chi connectivity index (χ0) is 26.3. The maximum atomic E-state index is 15.2. The topological polar surface area (TPSA) is 106 Å². The Morgan fingerprint density at radius 3 is 2.84 bits per heavy atom. The Hall–Kier alpha value is -3.70. The Balaban J connectivity index is 1.72. The predicted octanol–water partition coefficient (Wildman–Crippen LogP) is 3.63. The molecule has 2 bridgehead atoms. The third-order valence-electron chi connectivity index (χ3n) is 6.54. The van der Waals surface area contributed by atoms with Gasteiger partial charge in [0.2, 0.25) is 11.8 Å². The van der Waals surface area contributed by atoms with Crippen molar-refractivity contribution in [3.05, 3.63) is 41.1 Å². The molecule has 2 N–H and O–H groups in total. The number of aliphatic hydroxyl groups is 1. The number of aromatic nitrogens is 6. The Kier molecular flexibility index (Phi) is 6.74. The number of likely N-dealkylation sites (N-methyl/N-ethyl adjacent to an activating group) is 1. The quantitative estimate of drug-likeness (QED) is 0.433. The third kappa shape index (κ3) is 4.60. The first-order valence-corrected chi connectivity index (χ1v) is 12.4. The van der Waals surface area contributed by atoms with E-state index in [2.05, 4.69) is 20.2 Å². The second kappa shape index (κ2) is 9.98. The number of rotatable bonds is 4. The van der Waals surface area contributed by atoms with Crippen molar-refractivity contribution in [3.8, 4) is 22.9 Å². The van der Waals surface area contributed by atoms with Gasteiger partial charge >= 0.3 is 0 Å². The fraction of sp³-hybridized carbons (Fsp3) is 0.423. The van der Waals surface area contributed by atoms with Crippen LogP contribution in [0.2, 0.25) is 0 Å². The van der Waals surface area contributed by atoms with E-state index in [0.29, 0.717) is 53.8 Å². The number of aryl methyl sites for hydroxylation is 1. The van der Waals surface area contributed by atoms with Crippen LogP contribution in [0.15, 0.2) is 18.3 Å². The summed E-state index contributed by atoms with van der Waals surface area (Å²) in [4.78, 5) is 2.12. The number of hydrogen-bond donors (Lipinski definition) is 2. The average Bonchev–Trinajstić information content (AvgIpc) is 3.52. The first-order valence-electron chi connectivity index (χ1n) is 12.4. The van der Waals surface area contributed by atoms with Crippen molar-refractivity contribution in [2.24, 2.45) is 7.05 Å². The first kappa shape index (κ1) is 25.0. The Bertz CT molecular complexity index is 1450. The summed E-state index contributed by atoms with van der Waals surface area (Å²) in [6.07, 6.45) is 5.20. The highest BCUT2D eigenvalue weighted by Gasteiger charge is 2.24. The van der Waals surface area contributed by atoms with Gasteiger partial charge in [-0.15, -0.1) is 5.10 Å². The maximum Gasteiger partial charge on any atom is 0.240 e. The smallest absolute Gasteiger partial charge is 0.240 e. The molecule has 5 rings (SSSR count). The van der Waals surface area contributed by atoms with Crippen LogP contribution in [0.25, 0.3) is 34.2 Å². The van der Waals surface area contributed by atoms with Gasteiger partial charge in [-0.1, -0.05) is 0 Å². The molecule has 3 aromatic heterocycles. The fourth-order valence-corrected chi connectivity index (χ4v) is 4.76. The standard InChI is InChI=1S/C26H32FN7O3/c1-6-36-25-17-7-8-22-19-9-18(21(27)10-23(19)30-29-22)20-11-28-33(5)26(20)37-16(3)12-32(4)13-24(17)34(31-25)15(2)14-35/h7-11,15-16,35H,6,12-14H2,1-5H3,(H,29,30)/b8-7+/t15-,16-/m0/s1. The predicted molar refractivity (Wildman–Crippen MR) is 139 cm³/mol. The number of aromatic amines is 1. The molecule has 1 aliphatic rings. The minimum Gasteiger partial charge on any atom is -0.476 e. The third-order valence-corrected chi connectivity index (χ3v) is 6.54. The van der Waals surface area contributed by atoms with Gasteiger partial charge in [0.15, 0.2) is 0 Å². The Labute approximate surface area is 214 Å². The second-order valence-electron chi connectivity index (χ2n) is 9.51. The highest BCUT2D eigenvalue weighted by molar-refractivity contribution is 5.93. The van der Waals surface area contributed by atoms with Crippen molar-refractivity contribution in [1.29, 1.82) is 0 Å². The largest absolute Gasteiger partial charge is 0.476 e. The van der Waals surface area contributed by atoms with Crippen molar-refractivity contribution >= 4 is 23.1 Å². The molecule has 10 nitrogen and oxygen atoms in total. The number of ether oxygens (including phenoxy) is 2. The minimum absolute atomic E-state index is 0.0613. The van der Waals surface area contributed by atoms with E-state index in [4.69, 9.17) is 14.6 Å². The van der Waals surface area contributed by atoms with Crippen LogP contribution in [0.1, 0.15) is 43.8 Å². The number of fused-ring (bicyclic) bond motifs is 4. The van der Waals surface area contributed by atoms with Gasteiger partial charge in [0.1, 0.15) is 11.9 Å². The zero-order valence-corrected chi connectivity index (χ0v) is 21.7. The highest BCUT2D eigenvalue weighted by atomic mass is 19.1. The maximum absolute atomic E-state index is 15.2. The molecule has 4 heterocycles. The Morgan fingerprint density at radius 2 is 2.08 bits per heavy atom. The molecule has 11 heteroatoms. The van der Waals surface area contributed by atoms with Gasteiger partial charge in [-0.05, 0) is 46.0 Å². The molecule has 0 fully saturated rings. The molecule has 2 atom stereocenters. The van der Waals surface area contributed by atoms with Gasteiger partial charge in [-0.3, -0.25) is 14.7 Å². The van der Waals surface area contributed by atoms with Crippen molar-refractivity contribution in [1.82, 2.24) is 34.7 Å². The van der Waals surface area contributed by atoms with E-state index in [1.54, 1.807) is 24.0 Å². The number of H-pyrrole nitrogens is 1. The van der Waals surface area contributed by atoms with E-state index in [1.165, 1.54) is 6.07 Å². The normalized spacial score (nSPS) is 18.1. The van der Waals surface area contributed by atoms with Crippen LogP contribution in [0.4, 0.5) is 4.39 Å². The lowest BCUT2D eigenvalue weighted by Crippen LogP contribution is -2.32. The van der Waals surface area contributed by atoms with Gasteiger partial charge in [-0.2, -0.15) is 10.2 Å². The lowest BCUT2D eigenvalue weighted by molar-refractivity contribution is 0.145. The van der Waals surface area contributed by atoms with Crippen LogP contribution < -0.4 is 9.47 Å². The molecule has 0 aliphatic carbocycles. The van der Waals surface area contributed by atoms with Crippen LogP contribution in [0, 0.1) is 5.82 Å². The number of nitrogens with one attached hydrogen (secondary N) is 1. The molecule has 0 amide bonds. The summed E-state index contributed by atoms with van der Waals surface area (Å²) in [5.74, 6) is 0.591. The molecule has 1 aromatic carbocycles. The fourth-order valence-electron chi connectivity index (χ4n) is 4.76. The number of benzene rings is 1. The summed E-state index contributed by atoms with van der Waals surface area (Å²) < 4.78 is 30.9. The van der Waals surface area contributed by atoms with E-state index >= 15 is 4.39 Å².